The quantitative estimate of drug-likeness (QED) is 0.183. The maximum atomic E-state index is 2.36. The zero-order valence-corrected chi connectivity index (χ0v) is 16.2. The predicted octanol–water partition coefficient (Wildman–Crippen LogP) is 8.63. The van der Waals surface area contributed by atoms with Gasteiger partial charge < -0.3 is 0 Å². The van der Waals surface area contributed by atoms with Crippen LogP contribution in [0.5, 0.6) is 0 Å². The highest BCUT2D eigenvalue weighted by molar-refractivity contribution is 6.46. The average Bonchev–Trinajstić information content (AvgIpc) is 2.82. The van der Waals surface area contributed by atoms with Gasteiger partial charge in [0.25, 0.3) is 0 Å². The molecule has 0 heteroatoms. The van der Waals surface area contributed by atoms with Crippen LogP contribution in [0.1, 0.15) is 0 Å². The molecule has 0 atom stereocenters. The SMILES string of the molecule is c1ccc2c(c1)cc1ccc3ccc4c5ccccc5c5cccc6c2c1c3c4c56. The van der Waals surface area contributed by atoms with Crippen LogP contribution in [0.3, 0.4) is 0 Å². The van der Waals surface area contributed by atoms with Gasteiger partial charge in [-0.3, -0.25) is 0 Å². The summed E-state index contributed by atoms with van der Waals surface area (Å²) in [6, 6.07) is 36.2. The zero-order chi connectivity index (χ0) is 19.4. The van der Waals surface area contributed by atoms with Crippen molar-refractivity contribution in [1.82, 2.24) is 0 Å². The minimum absolute atomic E-state index is 1.31. The van der Waals surface area contributed by atoms with Crippen molar-refractivity contribution < 1.29 is 0 Å². The van der Waals surface area contributed by atoms with Crippen molar-refractivity contribution in [1.29, 1.82) is 0 Å². The Morgan fingerprint density at radius 3 is 1.70 bits per heavy atom. The van der Waals surface area contributed by atoms with Crippen LogP contribution in [0, 0.1) is 0 Å². The van der Waals surface area contributed by atoms with Gasteiger partial charge >= 0.3 is 0 Å². The summed E-state index contributed by atoms with van der Waals surface area (Å²) in [7, 11) is 0. The largest absolute Gasteiger partial charge is 0.0616 e. The second kappa shape index (κ2) is 4.98. The molecule has 0 unspecified atom stereocenters. The molecular weight excluding hydrogens is 360 g/mol. The van der Waals surface area contributed by atoms with Gasteiger partial charge in [0.15, 0.2) is 0 Å². The summed E-state index contributed by atoms with van der Waals surface area (Å²) in [6.07, 6.45) is 0. The van der Waals surface area contributed by atoms with E-state index in [0.717, 1.165) is 0 Å². The van der Waals surface area contributed by atoms with Crippen molar-refractivity contribution in [3.8, 4) is 0 Å². The van der Waals surface area contributed by atoms with Crippen LogP contribution in [0.15, 0.2) is 97.1 Å². The average molecular weight is 376 g/mol. The topological polar surface area (TPSA) is 0 Å². The third kappa shape index (κ3) is 1.58. The maximum Gasteiger partial charge on any atom is -0.000763 e. The number of hydrogen-bond acceptors (Lipinski definition) is 0. The smallest absolute Gasteiger partial charge is 0.000763 e. The molecule has 0 aliphatic heterocycles. The van der Waals surface area contributed by atoms with E-state index in [-0.39, 0.29) is 0 Å². The maximum absolute atomic E-state index is 2.36. The number of hydrogen-bond donors (Lipinski definition) is 0. The van der Waals surface area contributed by atoms with Crippen molar-refractivity contribution in [3.63, 3.8) is 0 Å². The molecule has 0 fully saturated rings. The fourth-order valence-electron chi connectivity index (χ4n) is 5.95. The number of rotatable bonds is 0. The molecule has 8 aromatic carbocycles. The molecule has 0 N–H and O–H groups in total. The summed E-state index contributed by atoms with van der Waals surface area (Å²) in [5.74, 6) is 0. The molecule has 0 saturated carbocycles. The first-order valence-electron chi connectivity index (χ1n) is 10.5. The molecule has 0 spiro atoms. The van der Waals surface area contributed by atoms with E-state index in [1.54, 1.807) is 0 Å². The lowest BCUT2D eigenvalue weighted by atomic mass is 9.82. The van der Waals surface area contributed by atoms with E-state index in [2.05, 4.69) is 97.1 Å². The molecular formula is C30H16. The Balaban J connectivity index is 1.90. The molecule has 136 valence electrons. The summed E-state index contributed by atoms with van der Waals surface area (Å²) in [4.78, 5) is 0. The van der Waals surface area contributed by atoms with Crippen LogP contribution in [0.25, 0.3) is 75.4 Å². The highest BCUT2D eigenvalue weighted by atomic mass is 14.2. The molecule has 0 bridgehead atoms. The molecule has 0 nitrogen and oxygen atoms in total. The van der Waals surface area contributed by atoms with E-state index >= 15 is 0 Å². The Morgan fingerprint density at radius 1 is 0.267 bits per heavy atom. The third-order valence-electron chi connectivity index (χ3n) is 7.10. The van der Waals surface area contributed by atoms with E-state index in [9.17, 15) is 0 Å². The van der Waals surface area contributed by atoms with Crippen LogP contribution in [0.4, 0.5) is 0 Å². The molecule has 0 saturated heterocycles. The summed E-state index contributed by atoms with van der Waals surface area (Å²) in [6.45, 7) is 0. The first-order valence-corrected chi connectivity index (χ1v) is 10.5. The standard InChI is InChI=1S/C30H16/c1-2-7-20-18(6-1)16-19-13-12-17-14-15-24-22-9-4-3-8-21(22)23-10-5-11-25-28(20)27(19)26(17)30(24)29(23)25/h1-16H. The first kappa shape index (κ1) is 15.0. The fourth-order valence-corrected chi connectivity index (χ4v) is 5.95. The van der Waals surface area contributed by atoms with E-state index in [4.69, 9.17) is 0 Å². The Hall–Kier alpha value is -3.90. The van der Waals surface area contributed by atoms with Crippen molar-refractivity contribution in [3.05, 3.63) is 97.1 Å². The van der Waals surface area contributed by atoms with Crippen molar-refractivity contribution >= 4 is 75.4 Å². The van der Waals surface area contributed by atoms with Crippen LogP contribution in [0.2, 0.25) is 0 Å². The molecule has 8 rings (SSSR count). The summed E-state index contributed by atoms with van der Waals surface area (Å²) in [5, 5.41) is 19.2. The van der Waals surface area contributed by atoms with Gasteiger partial charge in [-0.15, -0.1) is 0 Å². The highest BCUT2D eigenvalue weighted by Crippen LogP contribution is 2.49. The Labute approximate surface area is 172 Å². The normalized spacial score (nSPS) is 12.7. The Kier molecular flexibility index (Phi) is 2.49. The van der Waals surface area contributed by atoms with Gasteiger partial charge in [-0.1, -0.05) is 91.0 Å². The second-order valence-corrected chi connectivity index (χ2v) is 8.50. The molecule has 0 aliphatic carbocycles. The first-order chi connectivity index (χ1) is 14.9. The molecule has 8 aromatic rings. The summed E-state index contributed by atoms with van der Waals surface area (Å²) in [5.41, 5.74) is 0. The molecule has 30 heavy (non-hydrogen) atoms. The minimum Gasteiger partial charge on any atom is -0.0616 e. The van der Waals surface area contributed by atoms with Gasteiger partial charge in [0.2, 0.25) is 0 Å². The molecule has 0 radical (unpaired) electrons. The van der Waals surface area contributed by atoms with Crippen LogP contribution >= 0.6 is 0 Å². The predicted molar refractivity (Wildman–Crippen MR) is 131 cm³/mol. The van der Waals surface area contributed by atoms with Crippen molar-refractivity contribution in [2.45, 2.75) is 0 Å². The van der Waals surface area contributed by atoms with Crippen LogP contribution in [-0.4, -0.2) is 0 Å². The van der Waals surface area contributed by atoms with Crippen LogP contribution < -0.4 is 0 Å². The van der Waals surface area contributed by atoms with Gasteiger partial charge in [0.05, 0.1) is 0 Å². The number of benzene rings is 8. The molecule has 0 heterocycles. The monoisotopic (exact) mass is 376 g/mol. The number of fused-ring (bicyclic) bond motifs is 6. The van der Waals surface area contributed by atoms with Crippen molar-refractivity contribution in [2.75, 3.05) is 0 Å². The third-order valence-corrected chi connectivity index (χ3v) is 7.10. The fraction of sp³-hybridized carbons (Fsp3) is 0. The van der Waals surface area contributed by atoms with Crippen LogP contribution in [-0.2, 0) is 0 Å². The van der Waals surface area contributed by atoms with Crippen molar-refractivity contribution in [2.24, 2.45) is 0 Å². The van der Waals surface area contributed by atoms with Gasteiger partial charge in [0.1, 0.15) is 0 Å². The summed E-state index contributed by atoms with van der Waals surface area (Å²) < 4.78 is 0. The molecule has 0 amide bonds. The highest BCUT2D eigenvalue weighted by Gasteiger charge is 2.20. The van der Waals surface area contributed by atoms with Gasteiger partial charge in [-0.25, -0.2) is 0 Å². The van der Waals surface area contributed by atoms with Gasteiger partial charge in [-0.05, 0) is 81.5 Å². The lowest BCUT2D eigenvalue weighted by molar-refractivity contribution is 1.79. The van der Waals surface area contributed by atoms with E-state index in [1.807, 2.05) is 0 Å². The molecule has 0 aliphatic rings. The zero-order valence-electron chi connectivity index (χ0n) is 16.2. The molecule has 0 aromatic heterocycles. The lowest BCUT2D eigenvalue weighted by Crippen LogP contribution is -1.92. The van der Waals surface area contributed by atoms with E-state index in [1.165, 1.54) is 75.4 Å². The van der Waals surface area contributed by atoms with E-state index in [0.29, 0.717) is 0 Å². The Bertz CT molecular complexity index is 1940. The lowest BCUT2D eigenvalue weighted by Gasteiger charge is -2.21. The van der Waals surface area contributed by atoms with Gasteiger partial charge in [0, 0.05) is 0 Å². The minimum atomic E-state index is 1.31. The summed E-state index contributed by atoms with van der Waals surface area (Å²) >= 11 is 0. The van der Waals surface area contributed by atoms with E-state index < -0.39 is 0 Å². The Morgan fingerprint density at radius 2 is 0.833 bits per heavy atom. The second-order valence-electron chi connectivity index (χ2n) is 8.50. The van der Waals surface area contributed by atoms with Gasteiger partial charge in [-0.2, -0.15) is 0 Å².